The summed E-state index contributed by atoms with van der Waals surface area (Å²) in [6, 6.07) is -3.35. The molecule has 0 rings (SSSR count). The van der Waals surface area contributed by atoms with Crippen LogP contribution in [0.2, 0.25) is 0 Å². The summed E-state index contributed by atoms with van der Waals surface area (Å²) in [5.41, 5.74) is 15.6. The van der Waals surface area contributed by atoms with Crippen LogP contribution in [0.25, 0.3) is 0 Å². The first-order chi connectivity index (χ1) is 12.6. The maximum atomic E-state index is 11.9. The molecule has 0 fully saturated rings. The zero-order valence-corrected chi connectivity index (χ0v) is 15.0. The molecule has 154 valence electrons. The van der Waals surface area contributed by atoms with Crippen molar-refractivity contribution in [2.75, 3.05) is 19.7 Å². The van der Waals surface area contributed by atoms with Crippen LogP contribution in [0.1, 0.15) is 19.8 Å². The second-order valence-electron chi connectivity index (χ2n) is 5.66. The fourth-order valence-corrected chi connectivity index (χ4v) is 1.79. The zero-order chi connectivity index (χ0) is 21.0. The number of aliphatic imine (C=N–C) groups is 1. The predicted octanol–water partition coefficient (Wildman–Crippen LogP) is -4.45. The van der Waals surface area contributed by atoms with E-state index in [0.717, 1.165) is 0 Å². The van der Waals surface area contributed by atoms with E-state index in [2.05, 4.69) is 20.9 Å². The Kier molecular flexibility index (Phi) is 11.1. The first-order valence-corrected chi connectivity index (χ1v) is 8.10. The highest BCUT2D eigenvalue weighted by molar-refractivity contribution is 5.92. The van der Waals surface area contributed by atoms with Crippen LogP contribution < -0.4 is 33.2 Å². The molecule has 3 unspecified atom stereocenters. The molecule has 0 bridgehead atoms. The molecule has 0 radical (unpaired) electrons. The number of hydrogen-bond donors (Lipinski definition) is 8. The van der Waals surface area contributed by atoms with Crippen molar-refractivity contribution in [1.29, 1.82) is 0 Å². The average Bonchev–Trinajstić information content (AvgIpc) is 2.59. The molecule has 0 spiro atoms. The van der Waals surface area contributed by atoms with Crippen LogP contribution in [0.5, 0.6) is 0 Å². The second-order valence-corrected chi connectivity index (χ2v) is 5.66. The monoisotopic (exact) mass is 389 g/mol. The molecule has 11 N–H and O–H groups in total. The summed E-state index contributed by atoms with van der Waals surface area (Å²) in [6.45, 7) is 0.361. The van der Waals surface area contributed by atoms with Crippen LogP contribution in [0.15, 0.2) is 4.99 Å². The highest BCUT2D eigenvalue weighted by atomic mass is 16.4. The van der Waals surface area contributed by atoms with Gasteiger partial charge in [-0.25, -0.2) is 4.79 Å². The first-order valence-electron chi connectivity index (χ1n) is 8.10. The Balaban J connectivity index is 4.47. The Labute approximate surface area is 155 Å². The van der Waals surface area contributed by atoms with Gasteiger partial charge in [-0.15, -0.1) is 0 Å². The summed E-state index contributed by atoms with van der Waals surface area (Å²) in [6.07, 6.45) is 0.396. The predicted molar refractivity (Wildman–Crippen MR) is 95.2 cm³/mol. The number of rotatable bonds is 12. The minimum atomic E-state index is -1.29. The van der Waals surface area contributed by atoms with Crippen LogP contribution in [0, 0.1) is 0 Å². The largest absolute Gasteiger partial charge is 0.480 e. The number of aliphatic carboxylic acids is 1. The van der Waals surface area contributed by atoms with E-state index in [4.69, 9.17) is 27.4 Å². The summed E-state index contributed by atoms with van der Waals surface area (Å²) < 4.78 is 0. The molecule has 0 saturated carbocycles. The Bertz CT molecular complexity index is 562. The Hall–Kier alpha value is -2.93. The summed E-state index contributed by atoms with van der Waals surface area (Å²) >= 11 is 0. The van der Waals surface area contributed by atoms with Gasteiger partial charge in [-0.3, -0.25) is 19.4 Å². The number of nitrogens with one attached hydrogen (secondary N) is 3. The number of hydrogen-bond acceptors (Lipinski definition) is 7. The fraction of sp³-hybridized carbons (Fsp3) is 0.643. The van der Waals surface area contributed by atoms with E-state index in [0.29, 0.717) is 6.42 Å². The minimum Gasteiger partial charge on any atom is -0.480 e. The summed E-state index contributed by atoms with van der Waals surface area (Å²) in [4.78, 5) is 50.0. The highest BCUT2D eigenvalue weighted by Crippen LogP contribution is 1.98. The van der Waals surface area contributed by atoms with Crippen molar-refractivity contribution in [1.82, 2.24) is 16.0 Å². The topological polar surface area (TPSA) is 235 Å². The third-order valence-corrected chi connectivity index (χ3v) is 3.23. The number of aliphatic hydroxyl groups excluding tert-OH is 1. The lowest BCUT2D eigenvalue weighted by molar-refractivity contribution is -0.142. The van der Waals surface area contributed by atoms with Crippen molar-refractivity contribution in [2.24, 2.45) is 22.2 Å². The SMILES string of the molecule is CC(N)C(=O)NC(CO)C(=O)NCC(=O)NC(CCCN=C(N)N)C(=O)O. The maximum Gasteiger partial charge on any atom is 0.326 e. The van der Waals surface area contributed by atoms with Crippen LogP contribution in [0.3, 0.4) is 0 Å². The smallest absolute Gasteiger partial charge is 0.326 e. The van der Waals surface area contributed by atoms with Gasteiger partial charge in [-0.2, -0.15) is 0 Å². The maximum absolute atomic E-state index is 11.9. The van der Waals surface area contributed by atoms with Gasteiger partial charge in [0.15, 0.2) is 5.96 Å². The van der Waals surface area contributed by atoms with Gasteiger partial charge in [0.1, 0.15) is 12.1 Å². The number of carbonyl (C=O) groups excluding carboxylic acids is 3. The molecule has 3 atom stereocenters. The van der Waals surface area contributed by atoms with Crippen molar-refractivity contribution in [3.63, 3.8) is 0 Å². The second kappa shape index (κ2) is 12.4. The number of nitrogens with two attached hydrogens (primary N) is 3. The molecule has 0 aromatic heterocycles. The number of carboxylic acids is 1. The zero-order valence-electron chi connectivity index (χ0n) is 15.0. The number of amides is 3. The van der Waals surface area contributed by atoms with Crippen LogP contribution in [0.4, 0.5) is 0 Å². The van der Waals surface area contributed by atoms with E-state index in [1.165, 1.54) is 6.92 Å². The molecule has 0 saturated heterocycles. The van der Waals surface area contributed by atoms with Gasteiger partial charge in [-0.05, 0) is 19.8 Å². The Morgan fingerprint density at radius 3 is 2.19 bits per heavy atom. The quantitative estimate of drug-likeness (QED) is 0.0911. The van der Waals surface area contributed by atoms with Crippen LogP contribution >= 0.6 is 0 Å². The summed E-state index contributed by atoms with van der Waals surface area (Å²) in [7, 11) is 0. The van der Waals surface area contributed by atoms with E-state index in [1.54, 1.807) is 0 Å². The number of aliphatic hydroxyl groups is 1. The molecular formula is C14H27N7O6. The van der Waals surface area contributed by atoms with Crippen molar-refractivity contribution >= 4 is 29.7 Å². The first kappa shape index (κ1) is 24.1. The van der Waals surface area contributed by atoms with Gasteiger partial charge in [0, 0.05) is 6.54 Å². The summed E-state index contributed by atoms with van der Waals surface area (Å²) in [5.74, 6) is -3.60. The Morgan fingerprint density at radius 2 is 1.70 bits per heavy atom. The molecule has 27 heavy (non-hydrogen) atoms. The molecule has 13 heteroatoms. The number of guanidine groups is 1. The highest BCUT2D eigenvalue weighted by Gasteiger charge is 2.23. The Morgan fingerprint density at radius 1 is 1.07 bits per heavy atom. The molecule has 0 aliphatic heterocycles. The third kappa shape index (κ3) is 10.6. The molecule has 0 aliphatic carbocycles. The standard InChI is InChI=1S/C14H27N7O6/c1-7(15)11(24)21-9(6-22)12(25)19-5-10(23)20-8(13(26)27)3-2-4-18-14(16)17/h7-9,22H,2-6,15H2,1H3,(H,19,25)(H,20,23)(H,21,24)(H,26,27)(H4,16,17,18). The van der Waals surface area contributed by atoms with Gasteiger partial charge >= 0.3 is 5.97 Å². The van der Waals surface area contributed by atoms with Crippen molar-refractivity contribution in [3.05, 3.63) is 0 Å². The molecular weight excluding hydrogens is 362 g/mol. The molecule has 3 amide bonds. The van der Waals surface area contributed by atoms with Crippen molar-refractivity contribution in [3.8, 4) is 0 Å². The van der Waals surface area contributed by atoms with Gasteiger partial charge in [0.05, 0.1) is 19.2 Å². The van der Waals surface area contributed by atoms with E-state index < -0.39 is 55.0 Å². The molecule has 0 heterocycles. The van der Waals surface area contributed by atoms with Gasteiger partial charge in [0.2, 0.25) is 17.7 Å². The minimum absolute atomic E-state index is 0.0789. The van der Waals surface area contributed by atoms with Crippen molar-refractivity contribution < 1.29 is 29.4 Å². The lowest BCUT2D eigenvalue weighted by atomic mass is 10.1. The van der Waals surface area contributed by atoms with Crippen molar-refractivity contribution in [2.45, 2.75) is 37.9 Å². The van der Waals surface area contributed by atoms with Gasteiger partial charge in [-0.1, -0.05) is 0 Å². The van der Waals surface area contributed by atoms with Gasteiger partial charge < -0.3 is 43.4 Å². The average molecular weight is 389 g/mol. The summed E-state index contributed by atoms with van der Waals surface area (Å²) in [5, 5.41) is 24.9. The number of nitrogens with zero attached hydrogens (tertiary/aromatic N) is 1. The van der Waals surface area contributed by atoms with E-state index >= 15 is 0 Å². The number of carboxylic acid groups (broad SMARTS) is 1. The fourth-order valence-electron chi connectivity index (χ4n) is 1.79. The molecule has 13 nitrogen and oxygen atoms in total. The normalized spacial score (nSPS) is 13.6. The molecule has 0 aliphatic rings. The van der Waals surface area contributed by atoms with E-state index in [9.17, 15) is 19.2 Å². The number of carbonyl (C=O) groups is 4. The lowest BCUT2D eigenvalue weighted by Gasteiger charge is -2.18. The lowest BCUT2D eigenvalue weighted by Crippen LogP contribution is -2.54. The van der Waals surface area contributed by atoms with Crippen LogP contribution in [-0.2, 0) is 19.2 Å². The van der Waals surface area contributed by atoms with E-state index in [1.807, 2.05) is 0 Å². The third-order valence-electron chi connectivity index (χ3n) is 3.23. The van der Waals surface area contributed by atoms with E-state index in [-0.39, 0.29) is 18.9 Å². The molecule has 0 aromatic rings. The van der Waals surface area contributed by atoms with Gasteiger partial charge in [0.25, 0.3) is 0 Å². The molecule has 0 aromatic carbocycles. The van der Waals surface area contributed by atoms with Crippen LogP contribution in [-0.4, -0.2) is 77.7 Å².